The van der Waals surface area contributed by atoms with Gasteiger partial charge in [-0.1, -0.05) is 32.0 Å². The Hall–Kier alpha value is -3.76. The zero-order valence-corrected chi connectivity index (χ0v) is 24.7. The number of nitrogens with zero attached hydrogens (tertiary/aromatic N) is 4. The number of ether oxygens (including phenoxy) is 3. The molecule has 3 saturated heterocycles. The molecule has 1 saturated carbocycles. The summed E-state index contributed by atoms with van der Waals surface area (Å²) < 4.78 is 35.5. The number of phenolic OH excluding ortho intramolecular Hbond substituents is 1. The van der Waals surface area contributed by atoms with Gasteiger partial charge in [0, 0.05) is 17.0 Å². The number of hydrogen-bond donors (Lipinski definition) is 2. The summed E-state index contributed by atoms with van der Waals surface area (Å²) in [4.78, 5) is 16.5. The van der Waals surface area contributed by atoms with E-state index < -0.39 is 5.82 Å². The Bertz CT molecular complexity index is 1750. The third kappa shape index (κ3) is 4.45. The van der Waals surface area contributed by atoms with E-state index in [0.717, 1.165) is 55.0 Å². The molecule has 9 rings (SSSR count). The van der Waals surface area contributed by atoms with Crippen LogP contribution in [-0.4, -0.2) is 64.2 Å². The highest BCUT2D eigenvalue weighted by Crippen LogP contribution is 2.50. The van der Waals surface area contributed by atoms with Gasteiger partial charge in [0.15, 0.2) is 11.6 Å². The number of rotatable bonds is 6. The van der Waals surface area contributed by atoms with Gasteiger partial charge in [-0.25, -0.2) is 9.37 Å². The summed E-state index contributed by atoms with van der Waals surface area (Å²) in [5, 5.41) is 16.5. The maximum absolute atomic E-state index is 16.9. The van der Waals surface area contributed by atoms with Gasteiger partial charge in [0.2, 0.25) is 5.88 Å². The Kier molecular flexibility index (Phi) is 6.17. The van der Waals surface area contributed by atoms with E-state index in [1.54, 1.807) is 12.1 Å². The number of phenols is 1. The molecule has 0 unspecified atom stereocenters. The Morgan fingerprint density at radius 1 is 1.16 bits per heavy atom. The Morgan fingerprint density at radius 2 is 2.02 bits per heavy atom. The average Bonchev–Trinajstić information content (AvgIpc) is 3.44. The quantitative estimate of drug-likeness (QED) is 0.284. The van der Waals surface area contributed by atoms with Crippen LogP contribution in [0.15, 0.2) is 30.3 Å². The number of fused-ring (bicyclic) bond motifs is 4. The smallest absolute Gasteiger partial charge is 0.319 e. The average molecular weight is 586 g/mol. The topological polar surface area (TPSA) is 102 Å². The number of halogens is 1. The number of aromatic hydroxyl groups is 1. The molecule has 2 bridgehead atoms. The van der Waals surface area contributed by atoms with Crippen molar-refractivity contribution in [1.29, 1.82) is 0 Å². The third-order valence-corrected chi connectivity index (χ3v) is 9.58. The largest absolute Gasteiger partial charge is 0.508 e. The normalized spacial score (nSPS) is 27.5. The molecule has 4 aliphatic heterocycles. The molecule has 2 N–H and O–H groups in total. The molecule has 224 valence electrons. The zero-order valence-electron chi connectivity index (χ0n) is 24.7. The number of pyridine rings is 1. The van der Waals surface area contributed by atoms with Crippen LogP contribution in [0, 0.1) is 11.2 Å². The van der Waals surface area contributed by atoms with Crippen LogP contribution < -0.4 is 19.7 Å². The van der Waals surface area contributed by atoms with Crippen molar-refractivity contribution in [3.05, 3.63) is 41.7 Å². The van der Waals surface area contributed by atoms with Gasteiger partial charge in [0.05, 0.1) is 38.1 Å². The maximum Gasteiger partial charge on any atom is 0.319 e. The number of anilines is 1. The molecule has 5 aliphatic rings. The predicted molar refractivity (Wildman–Crippen MR) is 161 cm³/mol. The van der Waals surface area contributed by atoms with Crippen molar-refractivity contribution in [3.8, 4) is 28.9 Å². The van der Waals surface area contributed by atoms with Gasteiger partial charge in [-0.3, -0.25) is 5.32 Å². The lowest BCUT2D eigenvalue weighted by atomic mass is 9.71. The second kappa shape index (κ2) is 9.89. The van der Waals surface area contributed by atoms with Gasteiger partial charge < -0.3 is 24.2 Å². The SMILES string of the molecule is CCc1cccc2cc(O)cc(-c3nc4c5c(nc(OCC67COC(C6)C7)nc5c3F)N3C[C@@H]3N[C@@H](CC)C[C@H](C)O4)c12. The van der Waals surface area contributed by atoms with Crippen LogP contribution in [0.4, 0.5) is 10.2 Å². The molecule has 2 aromatic carbocycles. The van der Waals surface area contributed by atoms with Crippen molar-refractivity contribution in [2.45, 2.75) is 77.3 Å². The van der Waals surface area contributed by atoms with E-state index >= 15 is 4.39 Å². The summed E-state index contributed by atoms with van der Waals surface area (Å²) >= 11 is 0. The number of nitrogens with one attached hydrogen (secondary N) is 1. The van der Waals surface area contributed by atoms with Gasteiger partial charge >= 0.3 is 6.01 Å². The summed E-state index contributed by atoms with van der Waals surface area (Å²) in [5.74, 6) is 0.284. The van der Waals surface area contributed by atoms with Crippen LogP contribution in [0.3, 0.4) is 0 Å². The minimum Gasteiger partial charge on any atom is -0.508 e. The van der Waals surface area contributed by atoms with Gasteiger partial charge in [-0.2, -0.15) is 9.97 Å². The number of hydrogen-bond acceptors (Lipinski definition) is 9. The van der Waals surface area contributed by atoms with Gasteiger partial charge in [0.25, 0.3) is 0 Å². The van der Waals surface area contributed by atoms with E-state index in [1.807, 2.05) is 25.1 Å². The number of aromatic nitrogens is 3. The molecule has 43 heavy (non-hydrogen) atoms. The van der Waals surface area contributed by atoms with Gasteiger partial charge in [-0.05, 0) is 67.5 Å². The van der Waals surface area contributed by atoms with E-state index in [1.165, 1.54) is 0 Å². The summed E-state index contributed by atoms with van der Waals surface area (Å²) in [6.45, 7) is 8.05. The first-order valence-electron chi connectivity index (χ1n) is 15.4. The summed E-state index contributed by atoms with van der Waals surface area (Å²) in [6, 6.07) is 9.55. The lowest BCUT2D eigenvalue weighted by molar-refractivity contribution is 0.0785. The molecule has 9 nitrogen and oxygen atoms in total. The fraction of sp³-hybridized carbons (Fsp3) is 0.485. The van der Waals surface area contributed by atoms with Crippen molar-refractivity contribution in [1.82, 2.24) is 20.3 Å². The molecule has 4 fully saturated rings. The molecule has 0 radical (unpaired) electrons. The third-order valence-electron chi connectivity index (χ3n) is 9.58. The van der Waals surface area contributed by atoms with Crippen molar-refractivity contribution in [2.24, 2.45) is 5.41 Å². The summed E-state index contributed by atoms with van der Waals surface area (Å²) in [6.07, 6.45) is 4.59. The molecule has 0 spiro atoms. The first-order chi connectivity index (χ1) is 20.8. The lowest BCUT2D eigenvalue weighted by Gasteiger charge is -2.34. The predicted octanol–water partition coefficient (Wildman–Crippen LogP) is 5.50. The highest BCUT2D eigenvalue weighted by Gasteiger charge is 2.52. The first-order valence-corrected chi connectivity index (χ1v) is 15.4. The molecule has 6 heterocycles. The van der Waals surface area contributed by atoms with Crippen LogP contribution in [0.2, 0.25) is 0 Å². The van der Waals surface area contributed by atoms with Crippen LogP contribution in [0.25, 0.3) is 32.9 Å². The number of benzene rings is 2. The molecule has 10 heteroatoms. The molecule has 3 atom stereocenters. The monoisotopic (exact) mass is 585 g/mol. The van der Waals surface area contributed by atoms with Crippen LogP contribution in [0.1, 0.15) is 52.0 Å². The van der Waals surface area contributed by atoms with E-state index in [9.17, 15) is 5.11 Å². The van der Waals surface area contributed by atoms with Crippen molar-refractivity contribution in [2.75, 3.05) is 24.7 Å². The number of aryl methyl sites for hydroxylation is 1. The van der Waals surface area contributed by atoms with E-state index in [-0.39, 0.29) is 52.6 Å². The maximum atomic E-state index is 16.9. The molecule has 0 amide bonds. The van der Waals surface area contributed by atoms with Crippen molar-refractivity contribution in [3.63, 3.8) is 0 Å². The highest BCUT2D eigenvalue weighted by atomic mass is 19.1. The second-order valence-electron chi connectivity index (χ2n) is 12.7. The van der Waals surface area contributed by atoms with Crippen LogP contribution in [0.5, 0.6) is 17.6 Å². The second-order valence-corrected chi connectivity index (χ2v) is 12.7. The minimum atomic E-state index is -0.595. The molecule has 1 aliphatic carbocycles. The zero-order chi connectivity index (χ0) is 29.5. The molecule has 4 aromatic rings. The van der Waals surface area contributed by atoms with E-state index in [2.05, 4.69) is 29.0 Å². The Balaban J connectivity index is 1.34. The fourth-order valence-corrected chi connectivity index (χ4v) is 7.20. The standard InChI is InChI=1S/C33H36FN5O4/c1-4-18-7-6-8-19-10-21(40)11-23(25(18)19)28-27(34)29-26-30(38-32(37-29)42-16-33-12-22(13-33)41-15-33)39-14-24(39)35-20(5-2)9-17(3)43-31(26)36-28/h6-8,10-11,17,20,22,24,35,40H,4-5,9,12-16H2,1-3H3/t17-,20-,22?,24+,33?,39?/m0/s1. The minimum absolute atomic E-state index is 0.0228. The Labute approximate surface area is 249 Å². The summed E-state index contributed by atoms with van der Waals surface area (Å²) in [7, 11) is 0. The van der Waals surface area contributed by atoms with Crippen LogP contribution >= 0.6 is 0 Å². The van der Waals surface area contributed by atoms with E-state index in [0.29, 0.717) is 36.1 Å². The Morgan fingerprint density at radius 3 is 2.79 bits per heavy atom. The lowest BCUT2D eigenvalue weighted by Crippen LogP contribution is -2.38. The fourth-order valence-electron chi connectivity index (χ4n) is 7.20. The molecular formula is C33H36FN5O4. The first kappa shape index (κ1) is 26.8. The molecular weight excluding hydrogens is 549 g/mol. The highest BCUT2D eigenvalue weighted by molar-refractivity contribution is 6.03. The van der Waals surface area contributed by atoms with E-state index in [4.69, 9.17) is 24.2 Å². The van der Waals surface area contributed by atoms with Crippen LogP contribution in [-0.2, 0) is 11.2 Å². The van der Waals surface area contributed by atoms with Crippen molar-refractivity contribution >= 4 is 27.5 Å². The van der Waals surface area contributed by atoms with Crippen molar-refractivity contribution < 1.29 is 23.7 Å². The van der Waals surface area contributed by atoms with Gasteiger partial charge in [0.1, 0.15) is 22.3 Å². The van der Waals surface area contributed by atoms with Gasteiger partial charge in [-0.15, -0.1) is 0 Å². The molecule has 2 aromatic heterocycles. The summed E-state index contributed by atoms with van der Waals surface area (Å²) in [5.41, 5.74) is 1.69.